The molecule has 2 N–H and O–H groups in total. The first-order valence-electron chi connectivity index (χ1n) is 12.7. The van der Waals surface area contributed by atoms with E-state index in [1.807, 2.05) is 18.5 Å². The van der Waals surface area contributed by atoms with Crippen LogP contribution < -0.4 is 0 Å². The molecule has 5 heterocycles. The van der Waals surface area contributed by atoms with Gasteiger partial charge in [0.05, 0.1) is 28.3 Å². The van der Waals surface area contributed by atoms with E-state index in [0.29, 0.717) is 28.2 Å². The third kappa shape index (κ3) is 4.82. The van der Waals surface area contributed by atoms with Gasteiger partial charge in [-0.05, 0) is 61.7 Å². The van der Waals surface area contributed by atoms with Gasteiger partial charge < -0.3 is 14.8 Å². The topological polar surface area (TPSA) is 102 Å². The maximum atomic E-state index is 13.9. The molecule has 39 heavy (non-hydrogen) atoms. The van der Waals surface area contributed by atoms with Crippen LogP contribution in [-0.2, 0) is 0 Å². The minimum Gasteiger partial charge on any atom is -0.368 e. The minimum atomic E-state index is -0.310. The number of hydrogen-bond donors (Lipinski definition) is 2. The number of fused-ring (bicyclic) bond motifs is 2. The number of aromatic nitrogens is 6. The van der Waals surface area contributed by atoms with E-state index < -0.39 is 0 Å². The zero-order valence-electron chi connectivity index (χ0n) is 21.8. The van der Waals surface area contributed by atoms with E-state index in [2.05, 4.69) is 72.8 Å². The van der Waals surface area contributed by atoms with Gasteiger partial charge in [-0.25, -0.2) is 14.4 Å². The predicted molar refractivity (Wildman–Crippen MR) is 153 cm³/mol. The zero-order valence-corrected chi connectivity index (χ0v) is 21.8. The lowest BCUT2D eigenvalue weighted by Crippen LogP contribution is -2.43. The molecule has 0 aliphatic carbocycles. The van der Waals surface area contributed by atoms with E-state index in [1.165, 1.54) is 12.1 Å². The first-order valence-corrected chi connectivity index (χ1v) is 12.7. The highest BCUT2D eigenvalue weighted by atomic mass is 19.1. The number of nitrogens with one attached hydrogen (secondary N) is 2. The Labute approximate surface area is 224 Å². The molecule has 0 unspecified atom stereocenters. The van der Waals surface area contributed by atoms with Crippen LogP contribution in [0.2, 0.25) is 0 Å². The van der Waals surface area contributed by atoms with Crippen LogP contribution in [0.15, 0.2) is 71.9 Å². The fourth-order valence-corrected chi connectivity index (χ4v) is 4.89. The van der Waals surface area contributed by atoms with Crippen molar-refractivity contribution in [3.8, 4) is 22.6 Å². The van der Waals surface area contributed by atoms with E-state index >= 15 is 0 Å². The van der Waals surface area contributed by atoms with Crippen LogP contribution in [0.25, 0.3) is 50.3 Å². The normalized spacial score (nSPS) is 15.4. The van der Waals surface area contributed by atoms with Crippen molar-refractivity contribution in [2.45, 2.75) is 6.92 Å². The van der Waals surface area contributed by atoms with Gasteiger partial charge >= 0.3 is 0 Å². The third-order valence-corrected chi connectivity index (χ3v) is 7.08. The van der Waals surface area contributed by atoms with Crippen LogP contribution in [0.1, 0.15) is 12.5 Å². The minimum absolute atomic E-state index is 0.310. The van der Waals surface area contributed by atoms with Crippen molar-refractivity contribution in [1.82, 2.24) is 39.9 Å². The molecule has 0 bridgehead atoms. The number of aliphatic imine (C=N–C) groups is 1. The van der Waals surface area contributed by atoms with Gasteiger partial charge in [-0.2, -0.15) is 5.10 Å². The van der Waals surface area contributed by atoms with E-state index in [0.717, 1.165) is 59.5 Å². The van der Waals surface area contributed by atoms with Gasteiger partial charge in [-0.1, -0.05) is 12.1 Å². The molecule has 1 aliphatic heterocycles. The number of allylic oxidation sites excluding steroid dienone is 2. The first-order chi connectivity index (χ1) is 19.0. The predicted octanol–water partition coefficient (Wildman–Crippen LogP) is 4.90. The molecule has 10 heteroatoms. The van der Waals surface area contributed by atoms with Gasteiger partial charge in [0.25, 0.3) is 0 Å². The van der Waals surface area contributed by atoms with Gasteiger partial charge in [0.2, 0.25) is 0 Å². The number of aromatic amines is 2. The molecule has 196 valence electrons. The van der Waals surface area contributed by atoms with Crippen molar-refractivity contribution in [3.05, 3.63) is 78.3 Å². The fraction of sp³-hybridized carbons (Fsp3) is 0.207. The molecule has 0 saturated carbocycles. The molecular weight excluding hydrogens is 493 g/mol. The summed E-state index contributed by atoms with van der Waals surface area (Å²) in [5, 5.41) is 8.37. The molecular formula is C29H28FN9. The molecule has 0 atom stereocenters. The lowest BCUT2D eigenvalue weighted by Gasteiger charge is -2.34. The first kappa shape index (κ1) is 24.6. The molecule has 0 spiro atoms. The van der Waals surface area contributed by atoms with Crippen molar-refractivity contribution < 1.29 is 4.39 Å². The van der Waals surface area contributed by atoms with Crippen LogP contribution in [0.3, 0.4) is 0 Å². The van der Waals surface area contributed by atoms with Crippen molar-refractivity contribution >= 4 is 34.4 Å². The van der Waals surface area contributed by atoms with Crippen LogP contribution in [-0.4, -0.2) is 79.9 Å². The average molecular weight is 522 g/mol. The Bertz CT molecular complexity index is 1740. The maximum Gasteiger partial charge on any atom is 0.159 e. The average Bonchev–Trinajstić information content (AvgIpc) is 3.57. The molecule has 6 rings (SSSR count). The van der Waals surface area contributed by atoms with Crippen molar-refractivity contribution in [2.24, 2.45) is 4.99 Å². The molecule has 5 aromatic rings. The summed E-state index contributed by atoms with van der Waals surface area (Å²) in [6.07, 6.45) is 9.18. The summed E-state index contributed by atoms with van der Waals surface area (Å²) < 4.78 is 13.9. The summed E-state index contributed by atoms with van der Waals surface area (Å²) in [7, 11) is 2.14. The van der Waals surface area contributed by atoms with Crippen molar-refractivity contribution in [2.75, 3.05) is 33.2 Å². The second-order valence-electron chi connectivity index (χ2n) is 9.73. The van der Waals surface area contributed by atoms with Crippen molar-refractivity contribution in [1.29, 1.82) is 0 Å². The summed E-state index contributed by atoms with van der Waals surface area (Å²) in [6.45, 7) is 9.60. The monoisotopic (exact) mass is 521 g/mol. The number of hydrogen-bond acceptors (Lipinski definition) is 7. The van der Waals surface area contributed by atoms with Gasteiger partial charge in [-0.15, -0.1) is 0 Å². The number of pyridine rings is 2. The fourth-order valence-electron chi connectivity index (χ4n) is 4.89. The van der Waals surface area contributed by atoms with Crippen LogP contribution in [0, 0.1) is 5.82 Å². The number of piperazine rings is 1. The van der Waals surface area contributed by atoms with Crippen LogP contribution >= 0.6 is 0 Å². The molecule has 1 aromatic carbocycles. The molecule has 1 fully saturated rings. The largest absolute Gasteiger partial charge is 0.368 e. The number of nitrogens with zero attached hydrogens (tertiary/aromatic N) is 7. The lowest BCUT2D eigenvalue weighted by atomic mass is 10.1. The quantitative estimate of drug-likeness (QED) is 0.244. The van der Waals surface area contributed by atoms with Gasteiger partial charge in [0, 0.05) is 50.3 Å². The SMILES string of the molecule is C=N/C=C(\C=C(/C)c1cnc2[nH]nc(-c3nc4c(-c5cccc(F)c5)cncc4[nH]3)c2c1)N1CCN(C)CC1. The number of H-pyrrole nitrogens is 2. The number of halogens is 1. The van der Waals surface area contributed by atoms with E-state index in [-0.39, 0.29) is 5.82 Å². The smallest absolute Gasteiger partial charge is 0.159 e. The lowest BCUT2D eigenvalue weighted by molar-refractivity contribution is 0.190. The second kappa shape index (κ2) is 10.2. The van der Waals surface area contributed by atoms with Crippen LogP contribution in [0.4, 0.5) is 4.39 Å². The van der Waals surface area contributed by atoms with Crippen LogP contribution in [0.5, 0.6) is 0 Å². The molecule has 4 aromatic heterocycles. The maximum absolute atomic E-state index is 13.9. The summed E-state index contributed by atoms with van der Waals surface area (Å²) in [4.78, 5) is 25.8. The molecule has 0 amide bonds. The van der Waals surface area contributed by atoms with E-state index in [4.69, 9.17) is 4.98 Å². The summed E-state index contributed by atoms with van der Waals surface area (Å²) in [5.74, 6) is 0.270. The van der Waals surface area contributed by atoms with Gasteiger partial charge in [0.1, 0.15) is 11.5 Å². The number of likely N-dealkylation sites (N-methyl/N-ethyl adjacent to an activating group) is 1. The standard InChI is InChI=1S/C29H28FN9/c1-18(11-22(15-31-2)39-9-7-38(3)8-10-39)20-13-23-27(36-37-28(23)33-14-20)29-34-25-17-32-16-24(26(25)35-29)19-5-4-6-21(30)12-19/h4-6,11-17H,2,7-10H2,1,3H3,(H,34,35)(H,33,36,37)/b18-11+,22-15+. The Kier molecular flexibility index (Phi) is 6.45. The third-order valence-electron chi connectivity index (χ3n) is 7.08. The second-order valence-corrected chi connectivity index (χ2v) is 9.73. The Morgan fingerprint density at radius 1 is 1.13 bits per heavy atom. The van der Waals surface area contributed by atoms with Crippen molar-refractivity contribution in [3.63, 3.8) is 0 Å². The number of benzene rings is 1. The number of imidazole rings is 1. The molecule has 9 nitrogen and oxygen atoms in total. The van der Waals surface area contributed by atoms with Gasteiger partial charge in [0.15, 0.2) is 11.5 Å². The molecule has 1 aliphatic rings. The zero-order chi connectivity index (χ0) is 26.9. The highest BCUT2D eigenvalue weighted by Gasteiger charge is 2.18. The Morgan fingerprint density at radius 2 is 1.97 bits per heavy atom. The van der Waals surface area contributed by atoms with Gasteiger partial charge in [-0.3, -0.25) is 15.1 Å². The summed E-state index contributed by atoms with van der Waals surface area (Å²) in [6, 6.07) is 8.48. The summed E-state index contributed by atoms with van der Waals surface area (Å²) in [5.41, 5.74) is 7.23. The number of rotatable bonds is 6. The highest BCUT2D eigenvalue weighted by Crippen LogP contribution is 2.32. The highest BCUT2D eigenvalue weighted by molar-refractivity contribution is 5.96. The molecule has 1 saturated heterocycles. The van der Waals surface area contributed by atoms with E-state index in [1.54, 1.807) is 18.5 Å². The Hall–Kier alpha value is -4.70. The summed E-state index contributed by atoms with van der Waals surface area (Å²) >= 11 is 0. The van der Waals surface area contributed by atoms with E-state index in [9.17, 15) is 4.39 Å². The Balaban J connectivity index is 1.37. The molecule has 0 radical (unpaired) electrons. The Morgan fingerprint density at radius 3 is 2.77 bits per heavy atom.